The number of hydrogen-bond donors (Lipinski definition) is 0. The second kappa shape index (κ2) is 5.99. The van der Waals surface area contributed by atoms with Crippen molar-refractivity contribution in [3.63, 3.8) is 0 Å². The number of imide groups is 1. The van der Waals surface area contributed by atoms with E-state index >= 15 is 0 Å². The Morgan fingerprint density at radius 2 is 1.84 bits per heavy atom. The van der Waals surface area contributed by atoms with Crippen molar-refractivity contribution in [1.82, 2.24) is 9.80 Å². The van der Waals surface area contributed by atoms with Crippen LogP contribution in [0.5, 0.6) is 0 Å². The highest BCUT2D eigenvalue weighted by Gasteiger charge is 2.28. The summed E-state index contributed by atoms with van der Waals surface area (Å²) in [6.45, 7) is 4.34. The van der Waals surface area contributed by atoms with Crippen LogP contribution in [0.15, 0.2) is 12.2 Å². The fourth-order valence-electron chi connectivity index (χ4n) is 2.39. The Hall–Kier alpha value is -1.65. The first kappa shape index (κ1) is 13.8. The minimum atomic E-state index is -0.246. The molecule has 0 unspecified atom stereocenters. The average Bonchev–Trinajstić information content (AvgIpc) is 2.64. The van der Waals surface area contributed by atoms with Crippen LogP contribution in [-0.2, 0) is 14.4 Å². The zero-order chi connectivity index (χ0) is 13.8. The fourth-order valence-corrected chi connectivity index (χ4v) is 2.39. The van der Waals surface area contributed by atoms with Gasteiger partial charge in [0.25, 0.3) is 11.8 Å². The smallest absolute Gasteiger partial charge is 0.253 e. The van der Waals surface area contributed by atoms with E-state index in [0.717, 1.165) is 25.9 Å². The Morgan fingerprint density at radius 3 is 2.42 bits per heavy atom. The lowest BCUT2D eigenvalue weighted by atomic mass is 9.97. The molecule has 2 rings (SSSR count). The third-order valence-corrected chi connectivity index (χ3v) is 3.81. The van der Waals surface area contributed by atoms with Gasteiger partial charge < -0.3 is 4.90 Å². The molecule has 0 bridgehead atoms. The molecule has 1 fully saturated rings. The van der Waals surface area contributed by atoms with Crippen molar-refractivity contribution >= 4 is 17.7 Å². The molecule has 2 aliphatic rings. The minimum Gasteiger partial charge on any atom is -0.342 e. The molecule has 0 atom stereocenters. The second-order valence-corrected chi connectivity index (χ2v) is 5.19. The molecule has 0 aromatic rings. The summed E-state index contributed by atoms with van der Waals surface area (Å²) in [6.07, 6.45) is 5.64. The lowest BCUT2D eigenvalue weighted by molar-refractivity contribution is -0.137. The van der Waals surface area contributed by atoms with Gasteiger partial charge in [-0.05, 0) is 25.2 Å². The summed E-state index contributed by atoms with van der Waals surface area (Å²) in [5.74, 6) is 0.381. The summed E-state index contributed by atoms with van der Waals surface area (Å²) in [4.78, 5) is 37.5. The van der Waals surface area contributed by atoms with E-state index < -0.39 is 0 Å². The van der Waals surface area contributed by atoms with Crippen molar-refractivity contribution in [2.75, 3.05) is 19.6 Å². The van der Waals surface area contributed by atoms with Crippen LogP contribution >= 0.6 is 0 Å². The number of nitrogens with zero attached hydrogens (tertiary/aromatic N) is 2. The van der Waals surface area contributed by atoms with Gasteiger partial charge in [-0.15, -0.1) is 0 Å². The number of carbonyl (C=O) groups excluding carboxylic acids is 3. The molecule has 3 amide bonds. The molecule has 1 saturated heterocycles. The lowest BCUT2D eigenvalue weighted by Crippen LogP contribution is -2.49. The van der Waals surface area contributed by atoms with Gasteiger partial charge in [-0.2, -0.15) is 0 Å². The molecular weight excluding hydrogens is 244 g/mol. The van der Waals surface area contributed by atoms with Crippen LogP contribution in [0.2, 0.25) is 0 Å². The van der Waals surface area contributed by atoms with Gasteiger partial charge in [0.05, 0.1) is 0 Å². The van der Waals surface area contributed by atoms with Crippen LogP contribution in [0.25, 0.3) is 0 Å². The van der Waals surface area contributed by atoms with E-state index in [1.54, 1.807) is 0 Å². The van der Waals surface area contributed by atoms with Crippen LogP contribution in [0, 0.1) is 5.92 Å². The first-order valence-electron chi connectivity index (χ1n) is 6.93. The third-order valence-electron chi connectivity index (χ3n) is 3.81. The van der Waals surface area contributed by atoms with Gasteiger partial charge in [0.15, 0.2) is 0 Å². The number of carbonyl (C=O) groups is 3. The highest BCUT2D eigenvalue weighted by Crippen LogP contribution is 2.19. The minimum absolute atomic E-state index is 0.196. The number of amides is 3. The Balaban J connectivity index is 1.59. The molecule has 0 saturated carbocycles. The largest absolute Gasteiger partial charge is 0.342 e. The second-order valence-electron chi connectivity index (χ2n) is 5.19. The van der Waals surface area contributed by atoms with Gasteiger partial charge >= 0.3 is 0 Å². The highest BCUT2D eigenvalue weighted by atomic mass is 16.2. The fraction of sp³-hybridized carbons (Fsp3) is 0.643. The van der Waals surface area contributed by atoms with E-state index in [-0.39, 0.29) is 17.7 Å². The van der Waals surface area contributed by atoms with Crippen molar-refractivity contribution in [2.45, 2.75) is 32.6 Å². The number of likely N-dealkylation sites (tertiary alicyclic amines) is 1. The van der Waals surface area contributed by atoms with E-state index in [4.69, 9.17) is 0 Å². The molecule has 2 aliphatic heterocycles. The zero-order valence-electron chi connectivity index (χ0n) is 11.3. The van der Waals surface area contributed by atoms with E-state index in [0.29, 0.717) is 25.3 Å². The molecule has 2 heterocycles. The van der Waals surface area contributed by atoms with Crippen LogP contribution in [-0.4, -0.2) is 47.2 Å². The normalized spacial score (nSPS) is 19.2. The van der Waals surface area contributed by atoms with E-state index in [2.05, 4.69) is 6.92 Å². The zero-order valence-corrected chi connectivity index (χ0v) is 11.3. The molecule has 19 heavy (non-hydrogen) atoms. The molecule has 0 spiro atoms. The quantitative estimate of drug-likeness (QED) is 0.530. The van der Waals surface area contributed by atoms with Gasteiger partial charge in [0, 0.05) is 38.2 Å². The standard InChI is InChI=1S/C14H20N2O3/c1-2-11-9-15(10-11)12(17)5-3-4-8-16-13(18)6-7-14(16)19/h6-7,11H,2-5,8-10H2,1H3. The Bertz CT molecular complexity index is 393. The molecule has 5 heteroatoms. The van der Waals surface area contributed by atoms with E-state index in [1.165, 1.54) is 17.1 Å². The molecule has 0 aromatic heterocycles. The van der Waals surface area contributed by atoms with Crippen LogP contribution in [0.1, 0.15) is 32.6 Å². The first-order valence-corrected chi connectivity index (χ1v) is 6.93. The molecule has 0 N–H and O–H groups in total. The summed E-state index contributed by atoms with van der Waals surface area (Å²) < 4.78 is 0. The lowest BCUT2D eigenvalue weighted by Gasteiger charge is -2.39. The van der Waals surface area contributed by atoms with Gasteiger partial charge in [0.2, 0.25) is 5.91 Å². The van der Waals surface area contributed by atoms with Crippen molar-refractivity contribution in [3.8, 4) is 0 Å². The van der Waals surface area contributed by atoms with Gasteiger partial charge in [-0.3, -0.25) is 19.3 Å². The Morgan fingerprint density at radius 1 is 1.21 bits per heavy atom. The maximum atomic E-state index is 11.8. The first-order chi connectivity index (χ1) is 9.11. The summed E-state index contributed by atoms with van der Waals surface area (Å²) in [5, 5.41) is 0. The average molecular weight is 264 g/mol. The number of rotatable bonds is 6. The Labute approximate surface area is 113 Å². The van der Waals surface area contributed by atoms with Crippen LogP contribution < -0.4 is 0 Å². The highest BCUT2D eigenvalue weighted by molar-refractivity contribution is 6.12. The van der Waals surface area contributed by atoms with Crippen molar-refractivity contribution in [3.05, 3.63) is 12.2 Å². The predicted octanol–water partition coefficient (Wildman–Crippen LogP) is 0.950. The number of hydrogen-bond acceptors (Lipinski definition) is 3. The van der Waals surface area contributed by atoms with Crippen LogP contribution in [0.4, 0.5) is 0 Å². The summed E-state index contributed by atoms with van der Waals surface area (Å²) in [6, 6.07) is 0. The monoisotopic (exact) mass is 264 g/mol. The number of unbranched alkanes of at least 4 members (excludes halogenated alkanes) is 1. The van der Waals surface area contributed by atoms with Crippen molar-refractivity contribution in [1.29, 1.82) is 0 Å². The van der Waals surface area contributed by atoms with Gasteiger partial charge in [-0.25, -0.2) is 0 Å². The molecule has 104 valence electrons. The topological polar surface area (TPSA) is 57.7 Å². The summed E-state index contributed by atoms with van der Waals surface area (Å²) >= 11 is 0. The van der Waals surface area contributed by atoms with Crippen molar-refractivity contribution < 1.29 is 14.4 Å². The van der Waals surface area contributed by atoms with Crippen molar-refractivity contribution in [2.24, 2.45) is 5.92 Å². The van der Waals surface area contributed by atoms with E-state index in [1.807, 2.05) is 4.90 Å². The van der Waals surface area contributed by atoms with Gasteiger partial charge in [0.1, 0.15) is 0 Å². The maximum absolute atomic E-state index is 11.8. The predicted molar refractivity (Wildman–Crippen MR) is 70.1 cm³/mol. The summed E-state index contributed by atoms with van der Waals surface area (Å²) in [5.41, 5.74) is 0. The molecule has 0 aliphatic carbocycles. The summed E-state index contributed by atoms with van der Waals surface area (Å²) in [7, 11) is 0. The molecule has 5 nitrogen and oxygen atoms in total. The third kappa shape index (κ3) is 3.22. The SMILES string of the molecule is CCC1CN(C(=O)CCCCN2C(=O)C=CC2=O)C1. The Kier molecular flexibility index (Phi) is 4.35. The van der Waals surface area contributed by atoms with E-state index in [9.17, 15) is 14.4 Å². The maximum Gasteiger partial charge on any atom is 0.253 e. The molecule has 0 radical (unpaired) electrons. The van der Waals surface area contributed by atoms with Gasteiger partial charge in [-0.1, -0.05) is 6.92 Å². The van der Waals surface area contributed by atoms with Crippen LogP contribution in [0.3, 0.4) is 0 Å². The molecular formula is C14H20N2O3. The molecule has 0 aromatic carbocycles.